The molecule has 1 aliphatic carbocycles. The van der Waals surface area contributed by atoms with E-state index in [4.69, 9.17) is 0 Å². The van der Waals surface area contributed by atoms with E-state index < -0.39 is 0 Å². The monoisotopic (exact) mass is 198 g/mol. The molecule has 1 fully saturated rings. The van der Waals surface area contributed by atoms with Crippen molar-refractivity contribution in [2.75, 3.05) is 13.6 Å². The number of rotatable bonds is 2. The van der Waals surface area contributed by atoms with Gasteiger partial charge < -0.3 is 10.2 Å². The van der Waals surface area contributed by atoms with Gasteiger partial charge in [-0.2, -0.15) is 0 Å². The predicted molar refractivity (Wildman–Crippen MR) is 58.3 cm³/mol. The van der Waals surface area contributed by atoms with Crippen LogP contribution in [0.4, 0.5) is 4.79 Å². The molecule has 0 aromatic carbocycles. The Morgan fingerprint density at radius 1 is 1.36 bits per heavy atom. The summed E-state index contributed by atoms with van der Waals surface area (Å²) in [4.78, 5) is 13.4. The fraction of sp³-hybridized carbons (Fsp3) is 0.909. The number of amides is 2. The molecule has 1 saturated carbocycles. The van der Waals surface area contributed by atoms with Crippen molar-refractivity contribution in [3.8, 4) is 0 Å². The Morgan fingerprint density at radius 2 is 1.93 bits per heavy atom. The van der Waals surface area contributed by atoms with Gasteiger partial charge in [0.1, 0.15) is 0 Å². The van der Waals surface area contributed by atoms with Crippen molar-refractivity contribution in [2.24, 2.45) is 0 Å². The highest BCUT2D eigenvalue weighted by molar-refractivity contribution is 5.74. The topological polar surface area (TPSA) is 32.3 Å². The third-order valence-corrected chi connectivity index (χ3v) is 3.19. The fourth-order valence-electron chi connectivity index (χ4n) is 1.95. The van der Waals surface area contributed by atoms with Crippen molar-refractivity contribution >= 4 is 6.03 Å². The first-order valence-electron chi connectivity index (χ1n) is 5.61. The van der Waals surface area contributed by atoms with Crippen LogP contribution in [-0.4, -0.2) is 30.1 Å². The van der Waals surface area contributed by atoms with Crippen LogP contribution in [0, 0.1) is 0 Å². The van der Waals surface area contributed by atoms with Gasteiger partial charge in [0.15, 0.2) is 0 Å². The smallest absolute Gasteiger partial charge is 0.317 e. The Morgan fingerprint density at radius 3 is 2.43 bits per heavy atom. The molecule has 0 aliphatic heterocycles. The van der Waals surface area contributed by atoms with Crippen molar-refractivity contribution in [3.63, 3.8) is 0 Å². The van der Waals surface area contributed by atoms with Gasteiger partial charge in [0.05, 0.1) is 0 Å². The molecule has 0 bridgehead atoms. The second-order valence-corrected chi connectivity index (χ2v) is 4.57. The van der Waals surface area contributed by atoms with Gasteiger partial charge in [-0.25, -0.2) is 4.79 Å². The standard InChI is InChI=1S/C11H22N2O/c1-4-13(3)10(14)12-11(2)8-6-5-7-9-11/h4-9H2,1-3H3,(H,12,14). The maximum atomic E-state index is 11.7. The molecular weight excluding hydrogens is 176 g/mol. The maximum absolute atomic E-state index is 11.7. The molecule has 0 unspecified atom stereocenters. The molecule has 0 saturated heterocycles. The molecule has 1 rings (SSSR count). The first kappa shape index (κ1) is 11.3. The lowest BCUT2D eigenvalue weighted by molar-refractivity contribution is 0.184. The van der Waals surface area contributed by atoms with Gasteiger partial charge in [-0.05, 0) is 26.7 Å². The van der Waals surface area contributed by atoms with Gasteiger partial charge in [0.2, 0.25) is 0 Å². The maximum Gasteiger partial charge on any atom is 0.317 e. The molecule has 0 aromatic rings. The third kappa shape index (κ3) is 2.89. The molecule has 0 aromatic heterocycles. The lowest BCUT2D eigenvalue weighted by atomic mass is 9.83. The Balaban J connectivity index is 2.44. The zero-order valence-corrected chi connectivity index (χ0v) is 9.60. The summed E-state index contributed by atoms with van der Waals surface area (Å²) in [6, 6.07) is 0.0666. The van der Waals surface area contributed by atoms with Crippen LogP contribution in [0.1, 0.15) is 46.0 Å². The minimum atomic E-state index is 0.0404. The molecule has 0 radical (unpaired) electrons. The zero-order valence-electron chi connectivity index (χ0n) is 9.60. The molecule has 1 N–H and O–H groups in total. The second kappa shape index (κ2) is 4.67. The van der Waals surface area contributed by atoms with Crippen LogP contribution in [0.5, 0.6) is 0 Å². The molecule has 14 heavy (non-hydrogen) atoms. The first-order valence-corrected chi connectivity index (χ1v) is 5.61. The summed E-state index contributed by atoms with van der Waals surface area (Å²) in [7, 11) is 1.83. The zero-order chi connectivity index (χ0) is 10.6. The number of urea groups is 1. The lowest BCUT2D eigenvalue weighted by Gasteiger charge is -2.35. The number of nitrogens with one attached hydrogen (secondary N) is 1. The van der Waals surface area contributed by atoms with E-state index in [0.717, 1.165) is 19.4 Å². The van der Waals surface area contributed by atoms with Gasteiger partial charge >= 0.3 is 6.03 Å². The SMILES string of the molecule is CCN(C)C(=O)NC1(C)CCCCC1. The van der Waals surface area contributed by atoms with Gasteiger partial charge in [-0.15, -0.1) is 0 Å². The average Bonchev–Trinajstić information content (AvgIpc) is 2.17. The summed E-state index contributed by atoms with van der Waals surface area (Å²) in [6.07, 6.45) is 6.04. The van der Waals surface area contributed by atoms with Gasteiger partial charge in [-0.3, -0.25) is 0 Å². The number of nitrogens with zero attached hydrogens (tertiary/aromatic N) is 1. The van der Waals surface area contributed by atoms with E-state index in [2.05, 4.69) is 12.2 Å². The Bertz CT molecular complexity index is 197. The molecule has 3 nitrogen and oxygen atoms in total. The highest BCUT2D eigenvalue weighted by Gasteiger charge is 2.28. The van der Waals surface area contributed by atoms with E-state index in [1.807, 2.05) is 14.0 Å². The second-order valence-electron chi connectivity index (χ2n) is 4.57. The molecular formula is C11H22N2O. The summed E-state index contributed by atoms with van der Waals surface area (Å²) in [5, 5.41) is 3.13. The molecule has 2 amide bonds. The third-order valence-electron chi connectivity index (χ3n) is 3.19. The molecule has 0 spiro atoms. The van der Waals surface area contributed by atoms with Crippen LogP contribution in [0.25, 0.3) is 0 Å². The molecule has 82 valence electrons. The van der Waals surface area contributed by atoms with Crippen LogP contribution >= 0.6 is 0 Å². The van der Waals surface area contributed by atoms with E-state index in [0.29, 0.717) is 0 Å². The summed E-state index contributed by atoms with van der Waals surface area (Å²) in [5.41, 5.74) is 0.0404. The quantitative estimate of drug-likeness (QED) is 0.726. The van der Waals surface area contributed by atoms with Gasteiger partial charge in [0.25, 0.3) is 0 Å². The van der Waals surface area contributed by atoms with Crippen LogP contribution < -0.4 is 5.32 Å². The van der Waals surface area contributed by atoms with Crippen molar-refractivity contribution in [3.05, 3.63) is 0 Å². The lowest BCUT2D eigenvalue weighted by Crippen LogP contribution is -2.51. The summed E-state index contributed by atoms with van der Waals surface area (Å²) in [6.45, 7) is 4.91. The Kier molecular flexibility index (Phi) is 3.78. The van der Waals surface area contributed by atoms with Crippen molar-refractivity contribution < 1.29 is 4.79 Å². The van der Waals surface area contributed by atoms with Gasteiger partial charge in [0, 0.05) is 19.1 Å². The van der Waals surface area contributed by atoms with E-state index in [-0.39, 0.29) is 11.6 Å². The molecule has 0 heterocycles. The highest BCUT2D eigenvalue weighted by atomic mass is 16.2. The molecule has 1 aliphatic rings. The molecule has 3 heteroatoms. The number of hydrogen-bond donors (Lipinski definition) is 1. The minimum absolute atomic E-state index is 0.0404. The number of carbonyl (C=O) groups excluding carboxylic acids is 1. The van der Waals surface area contributed by atoms with E-state index in [1.165, 1.54) is 19.3 Å². The number of hydrogen-bond acceptors (Lipinski definition) is 1. The summed E-state index contributed by atoms with van der Waals surface area (Å²) < 4.78 is 0. The normalized spacial score (nSPS) is 20.2. The van der Waals surface area contributed by atoms with Gasteiger partial charge in [-0.1, -0.05) is 19.3 Å². The number of carbonyl (C=O) groups is 1. The summed E-state index contributed by atoms with van der Waals surface area (Å²) >= 11 is 0. The van der Waals surface area contributed by atoms with Crippen molar-refractivity contribution in [2.45, 2.75) is 51.5 Å². The van der Waals surface area contributed by atoms with Crippen LogP contribution in [-0.2, 0) is 0 Å². The largest absolute Gasteiger partial charge is 0.333 e. The van der Waals surface area contributed by atoms with Crippen LogP contribution in [0.2, 0.25) is 0 Å². The molecule has 0 atom stereocenters. The minimum Gasteiger partial charge on any atom is -0.333 e. The van der Waals surface area contributed by atoms with E-state index >= 15 is 0 Å². The van der Waals surface area contributed by atoms with Crippen LogP contribution in [0.3, 0.4) is 0 Å². The highest BCUT2D eigenvalue weighted by Crippen LogP contribution is 2.27. The Hall–Kier alpha value is -0.730. The fourth-order valence-corrected chi connectivity index (χ4v) is 1.95. The first-order chi connectivity index (χ1) is 6.57. The summed E-state index contributed by atoms with van der Waals surface area (Å²) in [5.74, 6) is 0. The van der Waals surface area contributed by atoms with Crippen molar-refractivity contribution in [1.82, 2.24) is 10.2 Å². The average molecular weight is 198 g/mol. The van der Waals surface area contributed by atoms with Crippen molar-refractivity contribution in [1.29, 1.82) is 0 Å². The van der Waals surface area contributed by atoms with E-state index in [9.17, 15) is 4.79 Å². The Labute approximate surface area is 86.9 Å². The predicted octanol–water partition coefficient (Wildman–Crippen LogP) is 2.37. The van der Waals surface area contributed by atoms with Crippen LogP contribution in [0.15, 0.2) is 0 Å². The van der Waals surface area contributed by atoms with E-state index in [1.54, 1.807) is 4.90 Å².